The van der Waals surface area contributed by atoms with E-state index in [1.54, 1.807) is 25.3 Å². The second-order valence-electron chi connectivity index (χ2n) is 6.70. The predicted octanol–water partition coefficient (Wildman–Crippen LogP) is 3.84. The van der Waals surface area contributed by atoms with Crippen LogP contribution in [0.2, 0.25) is 5.02 Å². The number of Topliss-reactive ketones (excluding diaryl/α,β-unsaturated/α-hetero) is 1. The Morgan fingerprint density at radius 3 is 2.56 bits per heavy atom. The Balaban J connectivity index is 1.97. The first-order valence-corrected chi connectivity index (χ1v) is 9.26. The van der Waals surface area contributed by atoms with E-state index in [0.717, 1.165) is 11.3 Å². The normalized spacial score (nSPS) is 18.5. The standard InChI is InChI=1S/C21H22ClNO4/c1-3-5-15(24)12-21(26)19-17(22)6-4-7-18(19)23(20(21)25)13-14-8-10-16(27-2)11-9-14/h4,6-11,26H,3,5,12-13H2,1-2H3. The minimum Gasteiger partial charge on any atom is -0.497 e. The van der Waals surface area contributed by atoms with Crippen molar-refractivity contribution in [2.45, 2.75) is 38.3 Å². The number of hydrogen-bond acceptors (Lipinski definition) is 4. The van der Waals surface area contributed by atoms with E-state index in [2.05, 4.69) is 0 Å². The average Bonchev–Trinajstić information content (AvgIpc) is 2.85. The van der Waals surface area contributed by atoms with Crippen LogP contribution in [-0.2, 0) is 21.7 Å². The zero-order valence-electron chi connectivity index (χ0n) is 15.4. The highest BCUT2D eigenvalue weighted by atomic mass is 35.5. The molecule has 1 N–H and O–H groups in total. The van der Waals surface area contributed by atoms with Gasteiger partial charge in [0.05, 0.1) is 19.3 Å². The Kier molecular flexibility index (Phi) is 5.53. The van der Waals surface area contributed by atoms with E-state index in [1.807, 2.05) is 31.2 Å². The van der Waals surface area contributed by atoms with Crippen molar-refractivity contribution < 1.29 is 19.4 Å². The SMILES string of the molecule is CCCC(=O)CC1(O)C(=O)N(Cc2ccc(OC)cc2)c2cccc(Cl)c21. The van der Waals surface area contributed by atoms with Crippen LogP contribution >= 0.6 is 11.6 Å². The summed E-state index contributed by atoms with van der Waals surface area (Å²) in [5.41, 5.74) is -0.198. The molecular formula is C21H22ClNO4. The Morgan fingerprint density at radius 1 is 1.22 bits per heavy atom. The fourth-order valence-electron chi connectivity index (χ4n) is 3.47. The number of rotatable bonds is 7. The number of benzene rings is 2. The van der Waals surface area contributed by atoms with Gasteiger partial charge in [-0.1, -0.05) is 36.7 Å². The van der Waals surface area contributed by atoms with E-state index in [4.69, 9.17) is 16.3 Å². The number of aliphatic hydroxyl groups is 1. The van der Waals surface area contributed by atoms with Crippen LogP contribution in [0.5, 0.6) is 5.75 Å². The van der Waals surface area contributed by atoms with Gasteiger partial charge < -0.3 is 14.7 Å². The zero-order chi connectivity index (χ0) is 19.6. The summed E-state index contributed by atoms with van der Waals surface area (Å²) in [5, 5.41) is 11.5. The van der Waals surface area contributed by atoms with Gasteiger partial charge >= 0.3 is 0 Å². The number of anilines is 1. The molecule has 3 rings (SSSR count). The maximum Gasteiger partial charge on any atom is 0.264 e. The monoisotopic (exact) mass is 387 g/mol. The molecule has 2 aromatic carbocycles. The van der Waals surface area contributed by atoms with Crippen LogP contribution in [-0.4, -0.2) is 23.9 Å². The van der Waals surface area contributed by atoms with Gasteiger partial charge in [-0.05, 0) is 36.2 Å². The fraction of sp³-hybridized carbons (Fsp3) is 0.333. The largest absolute Gasteiger partial charge is 0.497 e. The molecule has 0 radical (unpaired) electrons. The topological polar surface area (TPSA) is 66.8 Å². The van der Waals surface area contributed by atoms with Crippen LogP contribution < -0.4 is 9.64 Å². The molecule has 0 bridgehead atoms. The van der Waals surface area contributed by atoms with E-state index in [-0.39, 0.29) is 23.8 Å². The minimum absolute atomic E-state index is 0.162. The second kappa shape index (κ2) is 7.71. The van der Waals surface area contributed by atoms with Crippen LogP contribution in [0.4, 0.5) is 5.69 Å². The van der Waals surface area contributed by atoms with Gasteiger partial charge in [-0.2, -0.15) is 0 Å². The van der Waals surface area contributed by atoms with Crippen LogP contribution in [0.3, 0.4) is 0 Å². The maximum atomic E-state index is 13.1. The van der Waals surface area contributed by atoms with Crippen molar-refractivity contribution in [3.8, 4) is 5.75 Å². The average molecular weight is 388 g/mol. The number of carbonyl (C=O) groups excluding carboxylic acids is 2. The fourth-order valence-corrected chi connectivity index (χ4v) is 3.80. The lowest BCUT2D eigenvalue weighted by molar-refractivity contribution is -0.142. The molecule has 27 heavy (non-hydrogen) atoms. The summed E-state index contributed by atoms with van der Waals surface area (Å²) in [7, 11) is 1.59. The van der Waals surface area contributed by atoms with Gasteiger partial charge in [0.15, 0.2) is 5.60 Å². The predicted molar refractivity (Wildman–Crippen MR) is 104 cm³/mol. The van der Waals surface area contributed by atoms with Gasteiger partial charge in [-0.25, -0.2) is 0 Å². The van der Waals surface area contributed by atoms with Crippen LogP contribution in [0, 0.1) is 0 Å². The molecule has 0 spiro atoms. The molecule has 0 saturated heterocycles. The summed E-state index contributed by atoms with van der Waals surface area (Å²) >= 11 is 6.32. The zero-order valence-corrected chi connectivity index (χ0v) is 16.1. The van der Waals surface area contributed by atoms with Crippen molar-refractivity contribution in [3.05, 3.63) is 58.6 Å². The third kappa shape index (κ3) is 3.57. The molecule has 5 nitrogen and oxygen atoms in total. The summed E-state index contributed by atoms with van der Waals surface area (Å²) in [6.07, 6.45) is 0.706. The summed E-state index contributed by atoms with van der Waals surface area (Å²) in [6.45, 7) is 2.15. The molecule has 0 saturated carbocycles. The maximum absolute atomic E-state index is 13.1. The molecule has 0 fully saturated rings. The first-order valence-electron chi connectivity index (χ1n) is 8.88. The lowest BCUT2D eigenvalue weighted by Crippen LogP contribution is -2.41. The van der Waals surface area contributed by atoms with Crippen molar-refractivity contribution >= 4 is 29.0 Å². The number of ether oxygens (including phenoxy) is 1. The van der Waals surface area contributed by atoms with Gasteiger partial charge in [0, 0.05) is 23.4 Å². The lowest BCUT2D eigenvalue weighted by atomic mass is 9.89. The Labute approximate surface area is 163 Å². The second-order valence-corrected chi connectivity index (χ2v) is 7.11. The molecule has 0 aliphatic carbocycles. The van der Waals surface area contributed by atoms with Crippen molar-refractivity contribution in [3.63, 3.8) is 0 Å². The quantitative estimate of drug-likeness (QED) is 0.783. The smallest absolute Gasteiger partial charge is 0.264 e. The number of fused-ring (bicyclic) bond motifs is 1. The minimum atomic E-state index is -1.92. The van der Waals surface area contributed by atoms with E-state index in [0.29, 0.717) is 24.1 Å². The first-order chi connectivity index (χ1) is 12.9. The number of hydrogen-bond donors (Lipinski definition) is 1. The van der Waals surface area contributed by atoms with Crippen molar-refractivity contribution in [1.82, 2.24) is 0 Å². The van der Waals surface area contributed by atoms with Crippen LogP contribution in [0.15, 0.2) is 42.5 Å². The number of methoxy groups -OCH3 is 1. The van der Waals surface area contributed by atoms with Crippen LogP contribution in [0.1, 0.15) is 37.3 Å². The number of amides is 1. The Bertz CT molecular complexity index is 865. The number of halogens is 1. The lowest BCUT2D eigenvalue weighted by Gasteiger charge is -2.23. The summed E-state index contributed by atoms with van der Waals surface area (Å²) in [4.78, 5) is 26.9. The van der Waals surface area contributed by atoms with Crippen LogP contribution in [0.25, 0.3) is 0 Å². The Hall–Kier alpha value is -2.37. The van der Waals surface area contributed by atoms with Crippen molar-refractivity contribution in [2.24, 2.45) is 0 Å². The first kappa shape index (κ1) is 19.4. The molecule has 2 aromatic rings. The molecule has 0 aromatic heterocycles. The van der Waals surface area contributed by atoms with E-state index in [9.17, 15) is 14.7 Å². The molecule has 1 atom stereocenters. The highest BCUT2D eigenvalue weighted by molar-refractivity contribution is 6.33. The van der Waals surface area contributed by atoms with Gasteiger partial charge in [0.25, 0.3) is 5.91 Å². The third-order valence-corrected chi connectivity index (χ3v) is 5.09. The van der Waals surface area contributed by atoms with E-state index in [1.165, 1.54) is 4.90 Å². The number of ketones is 1. The Morgan fingerprint density at radius 2 is 1.93 bits per heavy atom. The van der Waals surface area contributed by atoms with Crippen molar-refractivity contribution in [2.75, 3.05) is 12.0 Å². The number of nitrogens with zero attached hydrogens (tertiary/aromatic N) is 1. The van der Waals surface area contributed by atoms with Gasteiger partial charge in [0.2, 0.25) is 0 Å². The molecule has 6 heteroatoms. The van der Waals surface area contributed by atoms with E-state index >= 15 is 0 Å². The molecule has 1 aliphatic heterocycles. The summed E-state index contributed by atoms with van der Waals surface area (Å²) < 4.78 is 5.16. The summed E-state index contributed by atoms with van der Waals surface area (Å²) in [6, 6.07) is 12.4. The molecular weight excluding hydrogens is 366 g/mol. The highest BCUT2D eigenvalue weighted by Crippen LogP contribution is 2.46. The van der Waals surface area contributed by atoms with Gasteiger partial charge in [-0.15, -0.1) is 0 Å². The molecule has 1 unspecified atom stereocenters. The van der Waals surface area contributed by atoms with Crippen molar-refractivity contribution in [1.29, 1.82) is 0 Å². The molecule has 142 valence electrons. The van der Waals surface area contributed by atoms with Gasteiger partial charge in [-0.3, -0.25) is 9.59 Å². The van der Waals surface area contributed by atoms with Gasteiger partial charge in [0.1, 0.15) is 11.5 Å². The molecule has 1 aliphatic rings. The molecule has 1 amide bonds. The summed E-state index contributed by atoms with van der Waals surface area (Å²) in [5.74, 6) is 0.0352. The number of carbonyl (C=O) groups is 2. The van der Waals surface area contributed by atoms with E-state index < -0.39 is 11.5 Å². The third-order valence-electron chi connectivity index (χ3n) is 4.78. The highest BCUT2D eigenvalue weighted by Gasteiger charge is 2.51. The molecule has 1 heterocycles.